The highest BCUT2D eigenvalue weighted by Gasteiger charge is 2.32. The number of amides is 1. The summed E-state index contributed by atoms with van der Waals surface area (Å²) >= 11 is 6.39. The predicted molar refractivity (Wildman–Crippen MR) is 117 cm³/mol. The molecule has 4 rings (SSSR count). The fourth-order valence-electron chi connectivity index (χ4n) is 3.94. The van der Waals surface area contributed by atoms with Gasteiger partial charge < -0.3 is 9.64 Å². The van der Waals surface area contributed by atoms with Crippen molar-refractivity contribution in [1.82, 2.24) is 9.78 Å². The Kier molecular flexibility index (Phi) is 5.90. The minimum absolute atomic E-state index is 0.000770. The number of ether oxygens (including phenoxy) is 1. The van der Waals surface area contributed by atoms with Gasteiger partial charge in [-0.1, -0.05) is 29.8 Å². The van der Waals surface area contributed by atoms with Crippen molar-refractivity contribution in [3.63, 3.8) is 0 Å². The first-order chi connectivity index (χ1) is 14.7. The normalized spacial score (nSPS) is 19.7. The third-order valence-electron chi connectivity index (χ3n) is 5.54. The highest BCUT2D eigenvalue weighted by atomic mass is 35.5. The molecular formula is C21H22ClN3O5S. The van der Waals surface area contributed by atoms with Crippen LogP contribution in [0.15, 0.2) is 30.3 Å². The molecule has 1 saturated heterocycles. The van der Waals surface area contributed by atoms with E-state index in [4.69, 9.17) is 16.3 Å². The second kappa shape index (κ2) is 8.47. The van der Waals surface area contributed by atoms with Crippen LogP contribution in [0.4, 0.5) is 5.69 Å². The fourth-order valence-corrected chi connectivity index (χ4v) is 6.01. The number of anilines is 1. The molecule has 164 valence electrons. The summed E-state index contributed by atoms with van der Waals surface area (Å²) in [7, 11) is -3.08. The van der Waals surface area contributed by atoms with E-state index in [1.165, 1.54) is 16.8 Å². The zero-order valence-corrected chi connectivity index (χ0v) is 18.5. The molecule has 0 radical (unpaired) electrons. The highest BCUT2D eigenvalue weighted by molar-refractivity contribution is 7.91. The first kappa shape index (κ1) is 21.6. The number of aryl methyl sites for hydroxylation is 1. The van der Waals surface area contributed by atoms with E-state index in [0.717, 1.165) is 17.7 Å². The number of halogens is 1. The van der Waals surface area contributed by atoms with Crippen molar-refractivity contribution in [3.05, 3.63) is 52.3 Å². The second-order valence-corrected chi connectivity index (χ2v) is 10.2. The van der Waals surface area contributed by atoms with Gasteiger partial charge in [-0.15, -0.1) is 0 Å². The molecular weight excluding hydrogens is 442 g/mol. The Morgan fingerprint density at radius 1 is 1.32 bits per heavy atom. The molecule has 1 aromatic carbocycles. The zero-order valence-electron chi connectivity index (χ0n) is 17.0. The zero-order chi connectivity index (χ0) is 22.2. The van der Waals surface area contributed by atoms with Crippen LogP contribution in [0.1, 0.15) is 29.3 Å². The van der Waals surface area contributed by atoms with Crippen molar-refractivity contribution in [2.45, 2.75) is 25.8 Å². The minimum Gasteiger partial charge on any atom is -0.452 e. The van der Waals surface area contributed by atoms with Crippen molar-refractivity contribution >= 4 is 45.1 Å². The Morgan fingerprint density at radius 3 is 2.84 bits per heavy atom. The van der Waals surface area contributed by atoms with Gasteiger partial charge in [0.1, 0.15) is 5.15 Å². The molecule has 2 aliphatic rings. The number of fused-ring (bicyclic) bond motifs is 1. The van der Waals surface area contributed by atoms with E-state index >= 15 is 0 Å². The molecule has 2 aromatic rings. The SMILES string of the molecule is Cc1nn(C2CCS(=O)(=O)C2)c(Cl)c1/C=C/C(=O)OCC(=O)N1CCc2ccccc21. The predicted octanol–water partition coefficient (Wildman–Crippen LogP) is 2.35. The third kappa shape index (κ3) is 4.52. The Balaban J connectivity index is 1.37. The lowest BCUT2D eigenvalue weighted by atomic mass is 10.2. The van der Waals surface area contributed by atoms with Crippen molar-refractivity contribution in [3.8, 4) is 0 Å². The Labute approximate surface area is 185 Å². The van der Waals surface area contributed by atoms with Gasteiger partial charge in [0.15, 0.2) is 16.4 Å². The van der Waals surface area contributed by atoms with E-state index in [0.29, 0.717) is 24.2 Å². The molecule has 10 heteroatoms. The van der Waals surface area contributed by atoms with Crippen LogP contribution in [-0.2, 0) is 30.6 Å². The molecule has 1 atom stereocenters. The molecule has 0 aliphatic carbocycles. The van der Waals surface area contributed by atoms with Gasteiger partial charge in [0.25, 0.3) is 5.91 Å². The van der Waals surface area contributed by atoms with Gasteiger partial charge in [-0.2, -0.15) is 5.10 Å². The smallest absolute Gasteiger partial charge is 0.331 e. The number of hydrogen-bond donors (Lipinski definition) is 0. The largest absolute Gasteiger partial charge is 0.452 e. The van der Waals surface area contributed by atoms with E-state index in [9.17, 15) is 18.0 Å². The number of nitrogens with zero attached hydrogens (tertiary/aromatic N) is 3. The fraction of sp³-hybridized carbons (Fsp3) is 0.381. The summed E-state index contributed by atoms with van der Waals surface area (Å²) in [5.74, 6) is -0.843. The van der Waals surface area contributed by atoms with E-state index < -0.39 is 15.8 Å². The number of sulfone groups is 1. The van der Waals surface area contributed by atoms with Crippen LogP contribution < -0.4 is 4.90 Å². The van der Waals surface area contributed by atoms with E-state index in [1.54, 1.807) is 11.8 Å². The number of rotatable bonds is 5. The molecule has 3 heterocycles. The summed E-state index contributed by atoms with van der Waals surface area (Å²) in [6, 6.07) is 7.33. The number of carbonyl (C=O) groups is 2. The first-order valence-corrected chi connectivity index (χ1v) is 12.1. The molecule has 31 heavy (non-hydrogen) atoms. The van der Waals surface area contributed by atoms with Gasteiger partial charge in [0, 0.05) is 23.9 Å². The van der Waals surface area contributed by atoms with Crippen LogP contribution in [0.25, 0.3) is 6.08 Å². The van der Waals surface area contributed by atoms with Crippen LogP contribution in [0, 0.1) is 6.92 Å². The summed E-state index contributed by atoms with van der Waals surface area (Å²) in [6.07, 6.45) is 3.90. The van der Waals surface area contributed by atoms with Crippen LogP contribution in [-0.4, -0.2) is 54.7 Å². The summed E-state index contributed by atoms with van der Waals surface area (Å²) in [6.45, 7) is 1.94. The number of esters is 1. The van der Waals surface area contributed by atoms with Crippen LogP contribution in [0.2, 0.25) is 5.15 Å². The van der Waals surface area contributed by atoms with Gasteiger partial charge in [0.05, 0.1) is 23.2 Å². The van der Waals surface area contributed by atoms with Gasteiger partial charge in [-0.3, -0.25) is 4.79 Å². The van der Waals surface area contributed by atoms with Gasteiger partial charge in [-0.25, -0.2) is 17.9 Å². The number of carbonyl (C=O) groups excluding carboxylic acids is 2. The van der Waals surface area contributed by atoms with Gasteiger partial charge in [-0.05, 0) is 37.5 Å². The van der Waals surface area contributed by atoms with Crippen LogP contribution >= 0.6 is 11.6 Å². The average molecular weight is 464 g/mol. The van der Waals surface area contributed by atoms with Gasteiger partial charge in [0.2, 0.25) is 0 Å². The molecule has 1 amide bonds. The third-order valence-corrected chi connectivity index (χ3v) is 7.66. The summed E-state index contributed by atoms with van der Waals surface area (Å²) in [5, 5.41) is 4.61. The Bertz CT molecular complexity index is 1170. The molecule has 0 bridgehead atoms. The maximum Gasteiger partial charge on any atom is 0.331 e. The average Bonchev–Trinajstić information content (AvgIpc) is 3.40. The number of aromatic nitrogens is 2. The quantitative estimate of drug-likeness (QED) is 0.498. The highest BCUT2D eigenvalue weighted by Crippen LogP contribution is 2.30. The van der Waals surface area contributed by atoms with Crippen molar-refractivity contribution in [2.24, 2.45) is 0 Å². The summed E-state index contributed by atoms with van der Waals surface area (Å²) in [5.41, 5.74) is 3.04. The Hall–Kier alpha value is -2.65. The lowest BCUT2D eigenvalue weighted by Gasteiger charge is -2.16. The standard InChI is InChI=1S/C21H22ClN3O5S/c1-14-17(21(22)25(23-14)16-9-11-31(28,29)13-16)6-7-20(27)30-12-19(26)24-10-8-15-4-2-3-5-18(15)24/h2-7,16H,8-13H2,1H3/b7-6+. The molecule has 0 saturated carbocycles. The molecule has 1 aromatic heterocycles. The topological polar surface area (TPSA) is 98.6 Å². The summed E-state index contributed by atoms with van der Waals surface area (Å²) < 4.78 is 30.1. The first-order valence-electron chi connectivity index (χ1n) is 9.93. The number of hydrogen-bond acceptors (Lipinski definition) is 6. The molecule has 2 aliphatic heterocycles. The lowest BCUT2D eigenvalue weighted by molar-refractivity contribution is -0.142. The van der Waals surface area contributed by atoms with Crippen molar-refractivity contribution in [1.29, 1.82) is 0 Å². The maximum atomic E-state index is 12.4. The number of para-hydroxylation sites is 1. The van der Waals surface area contributed by atoms with Crippen molar-refractivity contribution in [2.75, 3.05) is 29.6 Å². The second-order valence-electron chi connectivity index (χ2n) is 7.66. The van der Waals surface area contributed by atoms with Crippen LogP contribution in [0.5, 0.6) is 0 Å². The molecule has 1 unspecified atom stereocenters. The molecule has 8 nitrogen and oxygen atoms in total. The minimum atomic E-state index is -3.08. The van der Waals surface area contributed by atoms with Crippen LogP contribution in [0.3, 0.4) is 0 Å². The number of benzene rings is 1. The maximum absolute atomic E-state index is 12.4. The molecule has 0 spiro atoms. The monoisotopic (exact) mass is 463 g/mol. The van der Waals surface area contributed by atoms with Crippen molar-refractivity contribution < 1.29 is 22.7 Å². The Morgan fingerprint density at radius 2 is 2.10 bits per heavy atom. The van der Waals surface area contributed by atoms with E-state index in [-0.39, 0.29) is 35.2 Å². The summed E-state index contributed by atoms with van der Waals surface area (Å²) in [4.78, 5) is 26.2. The van der Waals surface area contributed by atoms with E-state index in [2.05, 4.69) is 5.10 Å². The lowest BCUT2D eigenvalue weighted by Crippen LogP contribution is -2.33. The molecule has 0 N–H and O–H groups in total. The van der Waals surface area contributed by atoms with E-state index in [1.807, 2.05) is 24.3 Å². The van der Waals surface area contributed by atoms with Gasteiger partial charge >= 0.3 is 5.97 Å². The molecule has 1 fully saturated rings.